The number of carbonyl (C=O) groups excluding carboxylic acids is 1. The van der Waals surface area contributed by atoms with Crippen LogP contribution in [0.5, 0.6) is 11.5 Å². The number of benzene rings is 1. The third-order valence-electron chi connectivity index (χ3n) is 2.69. The lowest BCUT2D eigenvalue weighted by molar-refractivity contribution is 0.102. The van der Waals surface area contributed by atoms with E-state index in [4.69, 9.17) is 9.47 Å². The van der Waals surface area contributed by atoms with Gasteiger partial charge in [-0.3, -0.25) is 9.59 Å². The van der Waals surface area contributed by atoms with Crippen molar-refractivity contribution in [2.75, 3.05) is 19.5 Å². The number of amides is 1. The number of thiazole rings is 1. The summed E-state index contributed by atoms with van der Waals surface area (Å²) in [6.07, 6.45) is 0. The molecule has 20 heavy (non-hydrogen) atoms. The van der Waals surface area contributed by atoms with Crippen molar-refractivity contribution >= 4 is 22.9 Å². The summed E-state index contributed by atoms with van der Waals surface area (Å²) in [6, 6.07) is 5.06. The Balaban J connectivity index is 2.28. The fourth-order valence-corrected chi connectivity index (χ4v) is 2.44. The van der Waals surface area contributed by atoms with Crippen LogP contribution in [0.15, 0.2) is 23.0 Å². The summed E-state index contributed by atoms with van der Waals surface area (Å²) >= 11 is 0.874. The molecule has 0 fully saturated rings. The van der Waals surface area contributed by atoms with Crippen LogP contribution in [0.2, 0.25) is 0 Å². The zero-order chi connectivity index (χ0) is 14.7. The van der Waals surface area contributed by atoms with Gasteiger partial charge in [-0.05, 0) is 19.1 Å². The number of rotatable bonds is 4. The van der Waals surface area contributed by atoms with Crippen LogP contribution in [-0.4, -0.2) is 25.1 Å². The topological polar surface area (TPSA) is 80.4 Å². The van der Waals surface area contributed by atoms with E-state index in [9.17, 15) is 9.59 Å². The molecular formula is C13H14N2O4S. The Morgan fingerprint density at radius 2 is 2.05 bits per heavy atom. The largest absolute Gasteiger partial charge is 0.497 e. The van der Waals surface area contributed by atoms with Gasteiger partial charge in [0, 0.05) is 11.8 Å². The monoisotopic (exact) mass is 294 g/mol. The van der Waals surface area contributed by atoms with Crippen molar-refractivity contribution in [2.45, 2.75) is 6.92 Å². The van der Waals surface area contributed by atoms with Crippen LogP contribution in [0.3, 0.4) is 0 Å². The van der Waals surface area contributed by atoms with Gasteiger partial charge < -0.3 is 19.8 Å². The number of hydrogen-bond donors (Lipinski definition) is 2. The highest BCUT2D eigenvalue weighted by Crippen LogP contribution is 2.29. The summed E-state index contributed by atoms with van der Waals surface area (Å²) in [5, 5.41) is 2.72. The molecule has 1 amide bonds. The molecule has 0 bridgehead atoms. The molecule has 1 aromatic carbocycles. The molecule has 1 heterocycles. The van der Waals surface area contributed by atoms with Crippen LogP contribution in [0, 0.1) is 6.92 Å². The molecule has 0 spiro atoms. The van der Waals surface area contributed by atoms with Crippen LogP contribution in [0.1, 0.15) is 15.4 Å². The molecule has 1 aromatic heterocycles. The van der Waals surface area contributed by atoms with E-state index < -0.39 is 0 Å². The van der Waals surface area contributed by atoms with Gasteiger partial charge in [-0.15, -0.1) is 0 Å². The minimum atomic E-state index is -0.352. The third kappa shape index (κ3) is 2.83. The first-order chi connectivity index (χ1) is 9.55. The standard InChI is InChI=1S/C13H14N2O4S/c1-7-11(20-13(17)14-7)12(16)15-9-5-4-8(18-2)6-10(9)19-3/h4-6H,1-3H3,(H,14,17)(H,15,16). The second-order valence-electron chi connectivity index (χ2n) is 3.99. The van der Waals surface area contributed by atoms with E-state index in [0.717, 1.165) is 11.3 Å². The lowest BCUT2D eigenvalue weighted by Crippen LogP contribution is -2.12. The molecule has 0 unspecified atom stereocenters. The van der Waals surface area contributed by atoms with Crippen molar-refractivity contribution in [3.63, 3.8) is 0 Å². The lowest BCUT2D eigenvalue weighted by atomic mass is 10.2. The number of methoxy groups -OCH3 is 2. The normalized spacial score (nSPS) is 10.2. The number of aryl methyl sites for hydroxylation is 1. The Morgan fingerprint density at radius 3 is 2.60 bits per heavy atom. The lowest BCUT2D eigenvalue weighted by Gasteiger charge is -2.11. The van der Waals surface area contributed by atoms with Crippen molar-refractivity contribution in [1.29, 1.82) is 0 Å². The third-order valence-corrected chi connectivity index (χ3v) is 3.67. The molecule has 2 N–H and O–H groups in total. The van der Waals surface area contributed by atoms with E-state index in [1.165, 1.54) is 7.11 Å². The highest BCUT2D eigenvalue weighted by molar-refractivity contribution is 7.11. The van der Waals surface area contributed by atoms with Crippen molar-refractivity contribution < 1.29 is 14.3 Å². The summed E-state index contributed by atoms with van der Waals surface area (Å²) in [7, 11) is 3.05. The molecule has 7 heteroatoms. The van der Waals surface area contributed by atoms with E-state index in [1.807, 2.05) is 0 Å². The van der Waals surface area contributed by atoms with E-state index in [0.29, 0.717) is 27.8 Å². The number of aromatic amines is 1. The van der Waals surface area contributed by atoms with Crippen LogP contribution >= 0.6 is 11.3 Å². The number of carbonyl (C=O) groups is 1. The Morgan fingerprint density at radius 1 is 1.30 bits per heavy atom. The summed E-state index contributed by atoms with van der Waals surface area (Å²) < 4.78 is 10.3. The van der Waals surface area contributed by atoms with Crippen LogP contribution in [-0.2, 0) is 0 Å². The number of ether oxygens (including phenoxy) is 2. The molecule has 0 aliphatic rings. The number of nitrogens with one attached hydrogen (secondary N) is 2. The van der Waals surface area contributed by atoms with Gasteiger partial charge in [-0.2, -0.15) is 0 Å². The zero-order valence-corrected chi connectivity index (χ0v) is 12.1. The SMILES string of the molecule is COc1ccc(NC(=O)c2sc(=O)[nH]c2C)c(OC)c1. The fraction of sp³-hybridized carbons (Fsp3) is 0.231. The molecule has 6 nitrogen and oxygen atoms in total. The van der Waals surface area contributed by atoms with E-state index >= 15 is 0 Å². The van der Waals surface area contributed by atoms with Crippen LogP contribution in [0.25, 0.3) is 0 Å². The van der Waals surface area contributed by atoms with Crippen molar-refractivity contribution in [3.05, 3.63) is 38.4 Å². The first kappa shape index (κ1) is 14.1. The van der Waals surface area contributed by atoms with E-state index in [1.54, 1.807) is 32.2 Å². The molecule has 2 rings (SSSR count). The fourth-order valence-electron chi connectivity index (χ4n) is 1.70. The molecule has 0 radical (unpaired) electrons. The van der Waals surface area contributed by atoms with Gasteiger partial charge in [0.15, 0.2) is 0 Å². The maximum Gasteiger partial charge on any atom is 0.305 e. The molecular weight excluding hydrogens is 280 g/mol. The highest BCUT2D eigenvalue weighted by Gasteiger charge is 2.15. The quantitative estimate of drug-likeness (QED) is 0.904. The van der Waals surface area contributed by atoms with Gasteiger partial charge in [0.05, 0.1) is 19.9 Å². The van der Waals surface area contributed by atoms with Crippen molar-refractivity contribution in [2.24, 2.45) is 0 Å². The maximum absolute atomic E-state index is 12.1. The van der Waals surface area contributed by atoms with Crippen molar-refractivity contribution in [3.8, 4) is 11.5 Å². The molecule has 2 aromatic rings. The van der Waals surface area contributed by atoms with E-state index in [-0.39, 0.29) is 10.8 Å². The summed E-state index contributed by atoms with van der Waals surface area (Å²) in [4.78, 5) is 26.0. The number of aromatic nitrogens is 1. The Kier molecular flexibility index (Phi) is 4.09. The minimum absolute atomic E-state index is 0.255. The number of hydrogen-bond acceptors (Lipinski definition) is 5. The Labute approximate surface area is 119 Å². The van der Waals surface area contributed by atoms with Crippen molar-refractivity contribution in [1.82, 2.24) is 4.98 Å². The van der Waals surface area contributed by atoms with E-state index in [2.05, 4.69) is 10.3 Å². The second-order valence-corrected chi connectivity index (χ2v) is 4.97. The highest BCUT2D eigenvalue weighted by atomic mass is 32.1. The molecule has 0 aliphatic heterocycles. The first-order valence-electron chi connectivity index (χ1n) is 5.78. The number of H-pyrrole nitrogens is 1. The molecule has 0 saturated carbocycles. The smallest absolute Gasteiger partial charge is 0.305 e. The molecule has 0 saturated heterocycles. The maximum atomic E-state index is 12.1. The van der Waals surface area contributed by atoms with Crippen LogP contribution < -0.4 is 19.7 Å². The van der Waals surface area contributed by atoms with Gasteiger partial charge in [0.2, 0.25) is 0 Å². The van der Waals surface area contributed by atoms with Gasteiger partial charge in [-0.25, -0.2) is 0 Å². The zero-order valence-electron chi connectivity index (χ0n) is 11.3. The van der Waals surface area contributed by atoms with Gasteiger partial charge in [-0.1, -0.05) is 11.3 Å². The van der Waals surface area contributed by atoms with Gasteiger partial charge in [0.1, 0.15) is 16.4 Å². The predicted molar refractivity (Wildman–Crippen MR) is 77.2 cm³/mol. The summed E-state index contributed by atoms with van der Waals surface area (Å²) in [5.74, 6) is 0.759. The average molecular weight is 294 g/mol. The first-order valence-corrected chi connectivity index (χ1v) is 6.60. The van der Waals surface area contributed by atoms with Crippen LogP contribution in [0.4, 0.5) is 5.69 Å². The second kappa shape index (κ2) is 5.79. The predicted octanol–water partition coefficient (Wildman–Crippen LogP) is 2.01. The Bertz CT molecular complexity index is 690. The average Bonchev–Trinajstić information content (AvgIpc) is 2.78. The summed E-state index contributed by atoms with van der Waals surface area (Å²) in [5.41, 5.74) is 1.06. The summed E-state index contributed by atoms with van der Waals surface area (Å²) in [6.45, 7) is 1.68. The van der Waals surface area contributed by atoms with Gasteiger partial charge in [0.25, 0.3) is 5.91 Å². The molecule has 106 valence electrons. The molecule has 0 atom stereocenters. The Hall–Kier alpha value is -2.28. The van der Waals surface area contributed by atoms with Gasteiger partial charge >= 0.3 is 4.87 Å². The minimum Gasteiger partial charge on any atom is -0.497 e. The molecule has 0 aliphatic carbocycles. The number of anilines is 1.